The van der Waals surface area contributed by atoms with Gasteiger partial charge in [0.1, 0.15) is 12.1 Å². The molecule has 1 aliphatic heterocycles. The van der Waals surface area contributed by atoms with Crippen LogP contribution in [0.4, 0.5) is 0 Å². The Morgan fingerprint density at radius 2 is 0.889 bits per heavy atom. The van der Waals surface area contributed by atoms with Crippen molar-refractivity contribution in [1.82, 2.24) is 0 Å². The summed E-state index contributed by atoms with van der Waals surface area (Å²) in [5, 5.41) is 8.79. The highest BCUT2D eigenvalue weighted by atomic mass is 15.3. The second-order valence-corrected chi connectivity index (χ2v) is 5.43. The van der Waals surface area contributed by atoms with E-state index in [0.717, 1.165) is 0 Å². The van der Waals surface area contributed by atoms with Crippen molar-refractivity contribution < 1.29 is 0 Å². The zero-order chi connectivity index (χ0) is 11.7. The fraction of sp³-hybridized carbons (Fsp3) is 0.250. The van der Waals surface area contributed by atoms with E-state index < -0.39 is 0 Å². The number of hydrogen-bond acceptors (Lipinski definition) is 2. The topological polar surface area (TPSA) is 24.7 Å². The lowest BCUT2D eigenvalue weighted by atomic mass is 9.59. The van der Waals surface area contributed by atoms with E-state index in [9.17, 15) is 0 Å². The van der Waals surface area contributed by atoms with Crippen LogP contribution in [0.2, 0.25) is 0 Å². The molecule has 2 nitrogen and oxygen atoms in total. The quantitative estimate of drug-likeness (QED) is 0.664. The van der Waals surface area contributed by atoms with Gasteiger partial charge in [-0.3, -0.25) is 0 Å². The van der Waals surface area contributed by atoms with Crippen LogP contribution >= 0.6 is 0 Å². The van der Waals surface area contributed by atoms with Gasteiger partial charge in [-0.1, -0.05) is 48.5 Å². The summed E-state index contributed by atoms with van der Waals surface area (Å²) in [5.41, 5.74) is 5.89. The Kier molecular flexibility index (Phi) is 1.45. The minimum absolute atomic E-state index is 0.389. The molecule has 6 rings (SSSR count). The van der Waals surface area contributed by atoms with Crippen LogP contribution in [0.1, 0.15) is 34.1 Å². The second-order valence-electron chi connectivity index (χ2n) is 5.43. The molecule has 2 aromatic carbocycles. The molecule has 0 aromatic heterocycles. The van der Waals surface area contributed by atoms with Gasteiger partial charge in [-0.15, -0.1) is 0 Å². The molecular weight excluding hydrogens is 220 g/mol. The van der Waals surface area contributed by atoms with Gasteiger partial charge >= 0.3 is 0 Å². The smallest absolute Gasteiger partial charge is 0.107 e. The molecule has 0 unspecified atom stereocenters. The first-order valence-electron chi connectivity index (χ1n) is 6.53. The van der Waals surface area contributed by atoms with Crippen LogP contribution in [0.5, 0.6) is 0 Å². The van der Waals surface area contributed by atoms with Crippen LogP contribution in [-0.4, -0.2) is 12.1 Å². The van der Waals surface area contributed by atoms with Crippen molar-refractivity contribution in [3.63, 3.8) is 0 Å². The van der Waals surface area contributed by atoms with E-state index in [0.29, 0.717) is 23.9 Å². The summed E-state index contributed by atoms with van der Waals surface area (Å²) in [5.74, 6) is 0.870. The first kappa shape index (κ1) is 9.03. The van der Waals surface area contributed by atoms with Crippen molar-refractivity contribution in [2.45, 2.75) is 23.9 Å². The fourth-order valence-electron chi connectivity index (χ4n) is 3.97. The van der Waals surface area contributed by atoms with E-state index in [1.165, 1.54) is 22.3 Å². The highest BCUT2D eigenvalue weighted by molar-refractivity contribution is 5.59. The Morgan fingerprint density at radius 3 is 1.17 bits per heavy atom. The Morgan fingerprint density at radius 1 is 0.556 bits per heavy atom. The molecule has 2 heteroatoms. The molecular formula is C16H12N2. The average molecular weight is 232 g/mol. The van der Waals surface area contributed by atoms with Crippen LogP contribution < -0.4 is 0 Å². The Balaban J connectivity index is 1.88. The summed E-state index contributed by atoms with van der Waals surface area (Å²) >= 11 is 0. The van der Waals surface area contributed by atoms with Crippen molar-refractivity contribution >= 4 is 0 Å². The normalized spacial score (nSPS) is 33.3. The van der Waals surface area contributed by atoms with E-state index in [-0.39, 0.29) is 0 Å². The summed E-state index contributed by atoms with van der Waals surface area (Å²) in [4.78, 5) is 0. The summed E-state index contributed by atoms with van der Waals surface area (Å²) in [6, 6.07) is 18.4. The molecule has 2 aromatic rings. The van der Waals surface area contributed by atoms with E-state index >= 15 is 0 Å². The molecule has 0 saturated heterocycles. The second kappa shape index (κ2) is 2.89. The van der Waals surface area contributed by atoms with Crippen LogP contribution in [0, 0.1) is 0 Å². The number of hydrogen-bond donors (Lipinski definition) is 0. The van der Waals surface area contributed by atoms with Gasteiger partial charge in [0.25, 0.3) is 0 Å². The van der Waals surface area contributed by atoms with Gasteiger partial charge in [0, 0.05) is 11.8 Å². The summed E-state index contributed by atoms with van der Waals surface area (Å²) in [7, 11) is 0. The number of azo groups is 1. The monoisotopic (exact) mass is 232 g/mol. The Labute approximate surface area is 105 Å². The van der Waals surface area contributed by atoms with E-state index in [1.807, 2.05) is 0 Å². The van der Waals surface area contributed by atoms with Crippen molar-refractivity contribution in [3.8, 4) is 0 Å². The molecule has 0 spiro atoms. The number of nitrogens with zero attached hydrogens (tertiary/aromatic N) is 2. The van der Waals surface area contributed by atoms with E-state index in [4.69, 9.17) is 0 Å². The van der Waals surface area contributed by atoms with Crippen LogP contribution in [0.15, 0.2) is 58.8 Å². The molecule has 2 bridgehead atoms. The minimum atomic E-state index is 0.389. The minimum Gasteiger partial charge on any atom is -0.187 e. The summed E-state index contributed by atoms with van der Waals surface area (Å²) in [6.07, 6.45) is 0. The molecule has 0 radical (unpaired) electrons. The molecule has 0 amide bonds. The zero-order valence-electron chi connectivity index (χ0n) is 9.82. The zero-order valence-corrected chi connectivity index (χ0v) is 9.82. The fourth-order valence-corrected chi connectivity index (χ4v) is 3.97. The van der Waals surface area contributed by atoms with Gasteiger partial charge in [0.05, 0.1) is 0 Å². The van der Waals surface area contributed by atoms with Gasteiger partial charge in [0.15, 0.2) is 0 Å². The van der Waals surface area contributed by atoms with Gasteiger partial charge in [-0.25, -0.2) is 0 Å². The summed E-state index contributed by atoms with van der Waals surface area (Å²) < 4.78 is 0. The first-order chi connectivity index (χ1) is 8.95. The molecule has 4 aliphatic rings. The Bertz CT molecular complexity index is 584. The number of rotatable bonds is 0. The van der Waals surface area contributed by atoms with Crippen molar-refractivity contribution in [2.24, 2.45) is 10.2 Å². The maximum atomic E-state index is 4.40. The third-order valence-corrected chi connectivity index (χ3v) is 4.70. The lowest BCUT2D eigenvalue weighted by Gasteiger charge is -2.50. The predicted molar refractivity (Wildman–Crippen MR) is 69.0 cm³/mol. The molecule has 0 fully saturated rings. The molecule has 0 saturated carbocycles. The van der Waals surface area contributed by atoms with Gasteiger partial charge in [0.2, 0.25) is 0 Å². The van der Waals surface area contributed by atoms with Crippen LogP contribution in [0.25, 0.3) is 0 Å². The lowest BCUT2D eigenvalue weighted by Crippen LogP contribution is -2.49. The molecule has 1 heterocycles. The first-order valence-corrected chi connectivity index (χ1v) is 6.53. The third kappa shape index (κ3) is 0.849. The van der Waals surface area contributed by atoms with Gasteiger partial charge in [-0.2, -0.15) is 10.2 Å². The third-order valence-electron chi connectivity index (χ3n) is 4.70. The van der Waals surface area contributed by atoms with Crippen molar-refractivity contribution in [1.29, 1.82) is 0 Å². The highest BCUT2D eigenvalue weighted by Gasteiger charge is 2.53. The molecule has 2 atom stereocenters. The molecule has 3 aliphatic carbocycles. The standard InChI is InChI=1S/C16H12N2/c1-2-6-10-9(5-1)13-11-7-3-4-8-12(11)14(10)16-15(13)17-18-16/h1-8,13-16H/t13?,14?,15-,16-/m1/s1. The lowest BCUT2D eigenvalue weighted by molar-refractivity contribution is 0.296. The molecule has 18 heavy (non-hydrogen) atoms. The molecule has 86 valence electrons. The largest absolute Gasteiger partial charge is 0.187 e. The van der Waals surface area contributed by atoms with Gasteiger partial charge in [-0.05, 0) is 22.3 Å². The van der Waals surface area contributed by atoms with E-state index in [1.54, 1.807) is 0 Å². The van der Waals surface area contributed by atoms with Crippen LogP contribution in [-0.2, 0) is 0 Å². The van der Waals surface area contributed by atoms with Crippen LogP contribution in [0.3, 0.4) is 0 Å². The van der Waals surface area contributed by atoms with Crippen molar-refractivity contribution in [2.75, 3.05) is 0 Å². The highest BCUT2D eigenvalue weighted by Crippen LogP contribution is 2.57. The predicted octanol–water partition coefficient (Wildman–Crippen LogP) is 3.48. The van der Waals surface area contributed by atoms with E-state index in [2.05, 4.69) is 58.8 Å². The summed E-state index contributed by atoms with van der Waals surface area (Å²) in [6.45, 7) is 0. The van der Waals surface area contributed by atoms with Gasteiger partial charge < -0.3 is 0 Å². The Hall–Kier alpha value is -1.96. The molecule has 0 N–H and O–H groups in total. The maximum absolute atomic E-state index is 4.40. The SMILES string of the molecule is c1ccc2c(c1)C1c3ccccc3C2[C@H]2N=N[C@H]12. The maximum Gasteiger partial charge on any atom is 0.107 e. The average Bonchev–Trinajstić information content (AvgIpc) is 2.40. The number of benzene rings is 2. The van der Waals surface area contributed by atoms with Crippen molar-refractivity contribution in [3.05, 3.63) is 70.8 Å².